The highest BCUT2D eigenvalue weighted by Crippen LogP contribution is 2.38. The molecule has 1 saturated heterocycles. The van der Waals surface area contributed by atoms with Gasteiger partial charge in [-0.2, -0.15) is 0 Å². The van der Waals surface area contributed by atoms with Gasteiger partial charge in [0.15, 0.2) is 4.32 Å². The predicted octanol–water partition coefficient (Wildman–Crippen LogP) is 7.88. The van der Waals surface area contributed by atoms with Crippen LogP contribution < -0.4 is 9.64 Å². The zero-order valence-corrected chi connectivity index (χ0v) is 20.9. The number of thiocarbonyl (C=S) groups is 1. The third-order valence-corrected chi connectivity index (χ3v) is 7.44. The number of thioether (sulfide) groups is 1. The van der Waals surface area contributed by atoms with Crippen molar-refractivity contribution in [2.45, 2.75) is 6.61 Å². The van der Waals surface area contributed by atoms with Crippen LogP contribution in [0.3, 0.4) is 0 Å². The SMILES string of the molecule is O=C1/C(=C\c2cccc(OCc3c(F)cccc3Cl)c2)SC(=S)N1c1ccc(Br)c(Cl)c1. The minimum absolute atomic E-state index is 0.0125. The maximum atomic E-state index is 14.0. The highest BCUT2D eigenvalue weighted by Gasteiger charge is 2.33. The third-order valence-electron chi connectivity index (χ3n) is 4.56. The van der Waals surface area contributed by atoms with Crippen LogP contribution in [0, 0.1) is 5.82 Å². The third kappa shape index (κ3) is 5.02. The molecule has 1 heterocycles. The van der Waals surface area contributed by atoms with E-state index >= 15 is 0 Å². The molecular weight excluding hydrogens is 556 g/mol. The van der Waals surface area contributed by atoms with Gasteiger partial charge in [0.1, 0.15) is 18.2 Å². The zero-order chi connectivity index (χ0) is 22.8. The standard InChI is InChI=1S/C23H13BrCl2FNO2S2/c24-17-8-7-14(11-19(17)26)28-22(29)21(32-23(28)31)10-13-3-1-4-15(9-13)30-12-16-18(25)5-2-6-20(16)27/h1-11H,12H2/b21-10+. The predicted molar refractivity (Wildman–Crippen MR) is 137 cm³/mol. The number of benzene rings is 3. The Bertz CT molecular complexity index is 1250. The number of hydrogen-bond donors (Lipinski definition) is 0. The smallest absolute Gasteiger partial charge is 0.270 e. The average Bonchev–Trinajstić information content (AvgIpc) is 3.03. The van der Waals surface area contributed by atoms with E-state index in [0.717, 1.165) is 10.0 Å². The molecule has 0 saturated carbocycles. The number of hydrogen-bond acceptors (Lipinski definition) is 4. The van der Waals surface area contributed by atoms with Crippen LogP contribution in [0.4, 0.5) is 10.1 Å². The fourth-order valence-corrected chi connectivity index (χ4v) is 4.92. The van der Waals surface area contributed by atoms with Gasteiger partial charge in [0.2, 0.25) is 0 Å². The van der Waals surface area contributed by atoms with E-state index in [2.05, 4.69) is 15.9 Å². The summed E-state index contributed by atoms with van der Waals surface area (Å²) in [6, 6.07) is 16.8. The molecule has 3 nitrogen and oxygen atoms in total. The van der Waals surface area contributed by atoms with Crippen LogP contribution in [0.15, 0.2) is 70.0 Å². The fourth-order valence-electron chi connectivity index (χ4n) is 2.99. The van der Waals surface area contributed by atoms with Crippen molar-refractivity contribution in [3.63, 3.8) is 0 Å². The molecule has 0 bridgehead atoms. The van der Waals surface area contributed by atoms with E-state index in [-0.39, 0.29) is 18.1 Å². The number of ether oxygens (including phenoxy) is 1. The zero-order valence-electron chi connectivity index (χ0n) is 16.2. The number of halogens is 4. The lowest BCUT2D eigenvalue weighted by molar-refractivity contribution is -0.113. The number of carbonyl (C=O) groups excluding carboxylic acids is 1. The van der Waals surface area contributed by atoms with Gasteiger partial charge in [-0.25, -0.2) is 4.39 Å². The number of carbonyl (C=O) groups is 1. The second kappa shape index (κ2) is 9.93. The van der Waals surface area contributed by atoms with Crippen molar-refractivity contribution in [2.24, 2.45) is 0 Å². The second-order valence-corrected chi connectivity index (χ2v) is 10.0. The summed E-state index contributed by atoms with van der Waals surface area (Å²) in [5.41, 5.74) is 1.63. The van der Waals surface area contributed by atoms with Gasteiger partial charge in [-0.1, -0.05) is 65.4 Å². The lowest BCUT2D eigenvalue weighted by atomic mass is 10.2. The first-order valence-corrected chi connectivity index (χ1v) is 12.0. The van der Waals surface area contributed by atoms with Crippen molar-refractivity contribution in [1.82, 2.24) is 0 Å². The summed E-state index contributed by atoms with van der Waals surface area (Å²) in [6.45, 7) is -0.0125. The summed E-state index contributed by atoms with van der Waals surface area (Å²) >= 11 is 22.2. The van der Waals surface area contributed by atoms with Crippen LogP contribution in [0.1, 0.15) is 11.1 Å². The summed E-state index contributed by atoms with van der Waals surface area (Å²) < 4.78 is 20.8. The van der Waals surface area contributed by atoms with Crippen LogP contribution in [0.2, 0.25) is 10.0 Å². The Morgan fingerprint density at radius 3 is 2.62 bits per heavy atom. The topological polar surface area (TPSA) is 29.5 Å². The summed E-state index contributed by atoms with van der Waals surface area (Å²) in [6.07, 6.45) is 1.74. The minimum atomic E-state index is -0.426. The molecular formula is C23H13BrCl2FNO2S2. The molecule has 32 heavy (non-hydrogen) atoms. The van der Waals surface area contributed by atoms with E-state index in [1.54, 1.807) is 54.6 Å². The molecule has 0 aromatic heterocycles. The lowest BCUT2D eigenvalue weighted by Crippen LogP contribution is -2.27. The van der Waals surface area contributed by atoms with Crippen molar-refractivity contribution >= 4 is 85.1 Å². The molecule has 162 valence electrons. The Hall–Kier alpha value is -1.90. The van der Waals surface area contributed by atoms with Crippen molar-refractivity contribution in [1.29, 1.82) is 0 Å². The Labute approximate surface area is 212 Å². The maximum Gasteiger partial charge on any atom is 0.270 e. The summed E-state index contributed by atoms with van der Waals surface area (Å²) in [5.74, 6) is -0.138. The number of amides is 1. The molecule has 1 amide bonds. The maximum absolute atomic E-state index is 14.0. The van der Waals surface area contributed by atoms with Crippen LogP contribution >= 0.6 is 63.1 Å². The van der Waals surface area contributed by atoms with Gasteiger partial charge in [-0.15, -0.1) is 0 Å². The van der Waals surface area contributed by atoms with Gasteiger partial charge in [0, 0.05) is 10.0 Å². The first kappa shape index (κ1) is 23.3. The van der Waals surface area contributed by atoms with Gasteiger partial charge < -0.3 is 4.74 Å². The molecule has 9 heteroatoms. The van der Waals surface area contributed by atoms with Gasteiger partial charge >= 0.3 is 0 Å². The lowest BCUT2D eigenvalue weighted by Gasteiger charge is -2.15. The molecule has 3 aromatic carbocycles. The largest absolute Gasteiger partial charge is 0.489 e. The normalized spacial score (nSPS) is 15.0. The molecule has 1 aliphatic rings. The highest BCUT2D eigenvalue weighted by molar-refractivity contribution is 9.10. The molecule has 0 radical (unpaired) electrons. The molecule has 1 fully saturated rings. The monoisotopic (exact) mass is 567 g/mol. The number of nitrogens with zero attached hydrogens (tertiary/aromatic N) is 1. The van der Waals surface area contributed by atoms with Crippen LogP contribution in [-0.2, 0) is 11.4 Å². The number of rotatable bonds is 5. The molecule has 0 aliphatic carbocycles. The van der Waals surface area contributed by atoms with E-state index in [4.69, 9.17) is 40.2 Å². The molecule has 0 spiro atoms. The van der Waals surface area contributed by atoms with Gasteiger partial charge in [0.25, 0.3) is 5.91 Å². The Balaban J connectivity index is 1.53. The van der Waals surface area contributed by atoms with Crippen molar-refractivity contribution < 1.29 is 13.9 Å². The van der Waals surface area contributed by atoms with Gasteiger partial charge in [0.05, 0.1) is 20.6 Å². The molecule has 0 unspecified atom stereocenters. The van der Waals surface area contributed by atoms with E-state index < -0.39 is 5.82 Å². The molecule has 1 aliphatic heterocycles. The van der Waals surface area contributed by atoms with Crippen LogP contribution in [-0.4, -0.2) is 10.2 Å². The molecule has 0 N–H and O–H groups in total. The van der Waals surface area contributed by atoms with E-state index in [1.807, 2.05) is 6.07 Å². The summed E-state index contributed by atoms with van der Waals surface area (Å²) in [4.78, 5) is 14.9. The minimum Gasteiger partial charge on any atom is -0.489 e. The van der Waals surface area contributed by atoms with Crippen molar-refractivity contribution in [2.75, 3.05) is 4.90 Å². The second-order valence-electron chi connectivity index (χ2n) is 6.68. The Morgan fingerprint density at radius 1 is 1.09 bits per heavy atom. The summed E-state index contributed by atoms with van der Waals surface area (Å²) in [5, 5.41) is 0.790. The highest BCUT2D eigenvalue weighted by atomic mass is 79.9. The first-order chi connectivity index (χ1) is 15.3. The first-order valence-electron chi connectivity index (χ1n) is 9.22. The molecule has 3 aromatic rings. The van der Waals surface area contributed by atoms with Crippen LogP contribution in [0.5, 0.6) is 5.75 Å². The van der Waals surface area contributed by atoms with Crippen LogP contribution in [0.25, 0.3) is 6.08 Å². The Morgan fingerprint density at radius 2 is 1.88 bits per heavy atom. The molecule has 0 atom stereocenters. The van der Waals surface area contributed by atoms with Crippen molar-refractivity contribution in [3.05, 3.63) is 97.0 Å². The van der Waals surface area contributed by atoms with E-state index in [9.17, 15) is 9.18 Å². The van der Waals surface area contributed by atoms with Gasteiger partial charge in [-0.3, -0.25) is 9.69 Å². The van der Waals surface area contributed by atoms with E-state index in [0.29, 0.717) is 30.7 Å². The quantitative estimate of drug-likeness (QED) is 0.231. The average molecular weight is 569 g/mol. The molecule has 4 rings (SSSR count). The fraction of sp³-hybridized carbons (Fsp3) is 0.0435. The Kier molecular flexibility index (Phi) is 7.22. The summed E-state index contributed by atoms with van der Waals surface area (Å²) in [7, 11) is 0. The van der Waals surface area contributed by atoms with Crippen molar-refractivity contribution in [3.8, 4) is 5.75 Å². The van der Waals surface area contributed by atoms with E-state index in [1.165, 1.54) is 22.7 Å². The number of anilines is 1. The van der Waals surface area contributed by atoms with Gasteiger partial charge in [-0.05, 0) is 70.0 Å².